The lowest BCUT2D eigenvalue weighted by Gasteiger charge is -2.12. The fourth-order valence-corrected chi connectivity index (χ4v) is 3.12. The third-order valence-corrected chi connectivity index (χ3v) is 4.72. The first-order valence-corrected chi connectivity index (χ1v) is 9.35. The van der Waals surface area contributed by atoms with Gasteiger partial charge in [-0.2, -0.15) is 0 Å². The van der Waals surface area contributed by atoms with Gasteiger partial charge in [0.1, 0.15) is 11.3 Å². The molecule has 0 bridgehead atoms. The van der Waals surface area contributed by atoms with Crippen LogP contribution in [0.2, 0.25) is 0 Å². The van der Waals surface area contributed by atoms with Gasteiger partial charge in [-0.15, -0.1) is 0 Å². The number of hydrogen-bond donors (Lipinski definition) is 2. The number of benzene rings is 1. The molecule has 6 heteroatoms. The second-order valence-electron chi connectivity index (χ2n) is 6.66. The number of fused-ring (bicyclic) bond motifs is 1. The Bertz CT molecular complexity index is 720. The molecule has 0 spiro atoms. The smallest absolute Gasteiger partial charge is 0.191 e. The zero-order valence-corrected chi connectivity index (χ0v) is 15.7. The van der Waals surface area contributed by atoms with Crippen LogP contribution in [-0.4, -0.2) is 46.0 Å². The standard InChI is InChI=1S/C20H29N3O3/c1-15-17-6-3-4-7-18(17)26-19(15)12-23-20(21-2)22-9-5-10-24-13-16-8-11-25-14-16/h3-4,6-7,16H,5,8-14H2,1-2H3,(H2,21,22,23). The molecule has 142 valence electrons. The molecule has 1 aromatic carbocycles. The Morgan fingerprint density at radius 3 is 2.96 bits per heavy atom. The lowest BCUT2D eigenvalue weighted by atomic mass is 10.1. The van der Waals surface area contributed by atoms with Crippen LogP contribution in [0.5, 0.6) is 0 Å². The number of rotatable bonds is 8. The largest absolute Gasteiger partial charge is 0.459 e. The highest BCUT2D eigenvalue weighted by Gasteiger charge is 2.15. The number of nitrogens with one attached hydrogen (secondary N) is 2. The van der Waals surface area contributed by atoms with Gasteiger partial charge >= 0.3 is 0 Å². The number of hydrogen-bond acceptors (Lipinski definition) is 4. The second-order valence-corrected chi connectivity index (χ2v) is 6.66. The number of aliphatic imine (C=N–C) groups is 1. The van der Waals surface area contributed by atoms with Gasteiger partial charge in [0.25, 0.3) is 0 Å². The number of aryl methyl sites for hydroxylation is 1. The Balaban J connectivity index is 1.35. The summed E-state index contributed by atoms with van der Waals surface area (Å²) in [6, 6.07) is 8.11. The van der Waals surface area contributed by atoms with E-state index in [0.717, 1.165) is 68.5 Å². The van der Waals surface area contributed by atoms with Crippen LogP contribution in [0.1, 0.15) is 24.2 Å². The molecule has 1 atom stereocenters. The molecule has 0 saturated carbocycles. The summed E-state index contributed by atoms with van der Waals surface area (Å²) in [5, 5.41) is 7.79. The van der Waals surface area contributed by atoms with Gasteiger partial charge in [0.15, 0.2) is 5.96 Å². The minimum absolute atomic E-state index is 0.574. The van der Waals surface area contributed by atoms with Gasteiger partial charge < -0.3 is 24.5 Å². The lowest BCUT2D eigenvalue weighted by molar-refractivity contribution is 0.0888. The first-order valence-electron chi connectivity index (χ1n) is 9.35. The van der Waals surface area contributed by atoms with Gasteiger partial charge in [-0.05, 0) is 25.8 Å². The van der Waals surface area contributed by atoms with Crippen molar-refractivity contribution in [1.29, 1.82) is 0 Å². The van der Waals surface area contributed by atoms with E-state index in [1.54, 1.807) is 7.05 Å². The fourth-order valence-electron chi connectivity index (χ4n) is 3.12. The maximum absolute atomic E-state index is 5.92. The number of furan rings is 1. The molecular weight excluding hydrogens is 330 g/mol. The Hall–Kier alpha value is -2.05. The molecular formula is C20H29N3O3. The van der Waals surface area contributed by atoms with Crippen LogP contribution in [-0.2, 0) is 16.0 Å². The van der Waals surface area contributed by atoms with Crippen LogP contribution in [0.4, 0.5) is 0 Å². The van der Waals surface area contributed by atoms with Crippen LogP contribution in [0.3, 0.4) is 0 Å². The molecule has 1 unspecified atom stereocenters. The first-order chi connectivity index (χ1) is 12.8. The minimum Gasteiger partial charge on any atom is -0.459 e. The number of guanidine groups is 1. The van der Waals surface area contributed by atoms with E-state index in [4.69, 9.17) is 13.9 Å². The molecule has 3 rings (SSSR count). The zero-order valence-electron chi connectivity index (χ0n) is 15.7. The topological polar surface area (TPSA) is 68.0 Å². The van der Waals surface area contributed by atoms with E-state index < -0.39 is 0 Å². The average Bonchev–Trinajstić information content (AvgIpc) is 3.29. The van der Waals surface area contributed by atoms with Gasteiger partial charge in [0.05, 0.1) is 19.8 Å². The number of nitrogens with zero attached hydrogens (tertiary/aromatic N) is 1. The van der Waals surface area contributed by atoms with E-state index in [0.29, 0.717) is 12.5 Å². The van der Waals surface area contributed by atoms with Crippen LogP contribution >= 0.6 is 0 Å². The van der Waals surface area contributed by atoms with Crippen molar-refractivity contribution in [3.05, 3.63) is 35.6 Å². The van der Waals surface area contributed by atoms with Crippen molar-refractivity contribution < 1.29 is 13.9 Å². The van der Waals surface area contributed by atoms with E-state index in [1.807, 2.05) is 18.2 Å². The molecule has 0 radical (unpaired) electrons. The summed E-state index contributed by atoms with van der Waals surface area (Å²) in [7, 11) is 1.78. The Kier molecular flexibility index (Phi) is 6.91. The van der Waals surface area contributed by atoms with Gasteiger partial charge in [-0.1, -0.05) is 18.2 Å². The quantitative estimate of drug-likeness (QED) is 0.431. The SMILES string of the molecule is CN=C(NCCCOCC1CCOC1)NCc1oc2ccccc2c1C. The summed E-state index contributed by atoms with van der Waals surface area (Å²) in [5.41, 5.74) is 2.10. The number of para-hydroxylation sites is 1. The summed E-state index contributed by atoms with van der Waals surface area (Å²) in [6.45, 7) is 6.80. The average molecular weight is 359 g/mol. The molecule has 1 fully saturated rings. The molecule has 6 nitrogen and oxygen atoms in total. The Morgan fingerprint density at radius 2 is 2.19 bits per heavy atom. The normalized spacial score (nSPS) is 17.8. The third-order valence-electron chi connectivity index (χ3n) is 4.72. The Labute approximate surface area is 155 Å². The monoisotopic (exact) mass is 359 g/mol. The maximum atomic E-state index is 5.92. The minimum atomic E-state index is 0.574. The van der Waals surface area contributed by atoms with E-state index in [9.17, 15) is 0 Å². The van der Waals surface area contributed by atoms with Crippen LogP contribution in [0.15, 0.2) is 33.7 Å². The van der Waals surface area contributed by atoms with E-state index in [-0.39, 0.29) is 0 Å². The molecule has 2 N–H and O–H groups in total. The van der Waals surface area contributed by atoms with E-state index in [1.165, 1.54) is 5.56 Å². The molecule has 1 aromatic heterocycles. The predicted molar refractivity (Wildman–Crippen MR) is 104 cm³/mol. The number of ether oxygens (including phenoxy) is 2. The molecule has 0 aliphatic carbocycles. The van der Waals surface area contributed by atoms with E-state index >= 15 is 0 Å². The highest BCUT2D eigenvalue weighted by molar-refractivity contribution is 5.82. The molecule has 2 heterocycles. The van der Waals surface area contributed by atoms with Gasteiger partial charge in [0.2, 0.25) is 0 Å². The molecule has 26 heavy (non-hydrogen) atoms. The highest BCUT2D eigenvalue weighted by Crippen LogP contribution is 2.24. The maximum Gasteiger partial charge on any atom is 0.191 e. The Morgan fingerprint density at radius 1 is 1.31 bits per heavy atom. The first kappa shape index (κ1) is 18.7. The van der Waals surface area contributed by atoms with Crippen molar-refractivity contribution in [1.82, 2.24) is 10.6 Å². The molecule has 2 aromatic rings. The molecule has 1 aliphatic heterocycles. The lowest BCUT2D eigenvalue weighted by Crippen LogP contribution is -2.37. The van der Waals surface area contributed by atoms with Gasteiger partial charge in [-0.3, -0.25) is 4.99 Å². The van der Waals surface area contributed by atoms with Gasteiger partial charge in [-0.25, -0.2) is 0 Å². The van der Waals surface area contributed by atoms with Crippen molar-refractivity contribution >= 4 is 16.9 Å². The molecule has 1 aliphatic rings. The summed E-state index contributed by atoms with van der Waals surface area (Å²) in [6.07, 6.45) is 2.06. The van der Waals surface area contributed by atoms with E-state index in [2.05, 4.69) is 28.6 Å². The summed E-state index contributed by atoms with van der Waals surface area (Å²) in [4.78, 5) is 4.26. The third kappa shape index (κ3) is 4.99. The fraction of sp³-hybridized carbons (Fsp3) is 0.550. The molecule has 1 saturated heterocycles. The van der Waals surface area contributed by atoms with Gasteiger partial charge in [0, 0.05) is 43.7 Å². The zero-order chi connectivity index (χ0) is 18.2. The van der Waals surface area contributed by atoms with Crippen molar-refractivity contribution in [2.45, 2.75) is 26.3 Å². The van der Waals surface area contributed by atoms with Crippen LogP contribution < -0.4 is 10.6 Å². The molecule has 0 amide bonds. The van der Waals surface area contributed by atoms with Crippen molar-refractivity contribution in [3.8, 4) is 0 Å². The highest BCUT2D eigenvalue weighted by atomic mass is 16.5. The summed E-state index contributed by atoms with van der Waals surface area (Å²) >= 11 is 0. The summed E-state index contributed by atoms with van der Waals surface area (Å²) < 4.78 is 17.0. The van der Waals surface area contributed by atoms with Crippen molar-refractivity contribution in [2.75, 3.05) is 40.0 Å². The summed E-state index contributed by atoms with van der Waals surface area (Å²) in [5.74, 6) is 2.29. The second kappa shape index (κ2) is 9.59. The van der Waals surface area contributed by atoms with Crippen LogP contribution in [0.25, 0.3) is 11.0 Å². The van der Waals surface area contributed by atoms with Crippen molar-refractivity contribution in [2.24, 2.45) is 10.9 Å². The predicted octanol–water partition coefficient (Wildman–Crippen LogP) is 2.85. The van der Waals surface area contributed by atoms with Crippen molar-refractivity contribution in [3.63, 3.8) is 0 Å². The van der Waals surface area contributed by atoms with Crippen LogP contribution in [0, 0.1) is 12.8 Å².